The average molecular weight is 411 g/mol. The second-order valence-electron chi connectivity index (χ2n) is 7.61. The van der Waals surface area contributed by atoms with Crippen molar-refractivity contribution in [3.05, 3.63) is 99.9 Å². The van der Waals surface area contributed by atoms with E-state index in [2.05, 4.69) is 44.5 Å². The minimum Gasteiger partial charge on any atom is -0.375 e. The molecule has 0 fully saturated rings. The third-order valence-electron chi connectivity index (χ3n) is 5.69. The first-order valence-electron chi connectivity index (χ1n) is 10.2. The Balaban J connectivity index is 1.31. The van der Waals surface area contributed by atoms with Crippen LogP contribution in [-0.2, 0) is 19.5 Å². The fraction of sp³-hybridized carbons (Fsp3) is 0.167. The van der Waals surface area contributed by atoms with Crippen molar-refractivity contribution in [3.63, 3.8) is 0 Å². The Morgan fingerprint density at radius 3 is 2.68 bits per heavy atom. The lowest BCUT2D eigenvalue weighted by molar-refractivity contribution is -0.382. The number of hydrogen-bond donors (Lipinski definition) is 1. The van der Waals surface area contributed by atoms with Crippen molar-refractivity contribution in [2.24, 2.45) is 0 Å². The molecule has 1 N–H and O–H groups in total. The fourth-order valence-corrected chi connectivity index (χ4v) is 4.07. The third-order valence-corrected chi connectivity index (χ3v) is 5.69. The normalized spacial score (nSPS) is 13.1. The van der Waals surface area contributed by atoms with Gasteiger partial charge in [-0.2, -0.15) is 0 Å². The number of rotatable bonds is 5. The molecule has 1 aliphatic rings. The van der Waals surface area contributed by atoms with Crippen molar-refractivity contribution in [1.29, 1.82) is 0 Å². The third kappa shape index (κ3) is 3.77. The first-order valence-corrected chi connectivity index (χ1v) is 10.2. The molecule has 1 aliphatic heterocycles. The summed E-state index contributed by atoms with van der Waals surface area (Å²) < 4.78 is 0. The maximum absolute atomic E-state index is 11.7. The van der Waals surface area contributed by atoms with Gasteiger partial charge in [0, 0.05) is 32.0 Å². The highest BCUT2D eigenvalue weighted by Gasteiger charge is 2.19. The van der Waals surface area contributed by atoms with Crippen molar-refractivity contribution < 1.29 is 4.92 Å². The lowest BCUT2D eigenvalue weighted by atomic mass is 10.00. The quantitative estimate of drug-likeness (QED) is 0.378. The van der Waals surface area contributed by atoms with E-state index in [9.17, 15) is 10.1 Å². The van der Waals surface area contributed by atoms with Crippen LogP contribution in [0.25, 0.3) is 10.9 Å². The highest BCUT2D eigenvalue weighted by molar-refractivity contribution is 5.94. The van der Waals surface area contributed by atoms with Crippen LogP contribution in [0, 0.1) is 10.1 Å². The van der Waals surface area contributed by atoms with Gasteiger partial charge < -0.3 is 10.2 Å². The molecule has 0 atom stereocenters. The van der Waals surface area contributed by atoms with Crippen LogP contribution in [0.3, 0.4) is 0 Å². The Bertz CT molecular complexity index is 1260. The van der Waals surface area contributed by atoms with Gasteiger partial charge >= 0.3 is 5.69 Å². The summed E-state index contributed by atoms with van der Waals surface area (Å²) in [5.41, 5.74) is 4.84. The van der Waals surface area contributed by atoms with Crippen LogP contribution in [0.15, 0.2) is 73.1 Å². The minimum atomic E-state index is -0.359. The van der Waals surface area contributed by atoms with Gasteiger partial charge in [0.2, 0.25) is 0 Å². The first kappa shape index (κ1) is 19.0. The number of hydrogen-bond acceptors (Lipinski definition) is 6. The minimum absolute atomic E-state index is 0.0437. The molecule has 7 heteroatoms. The molecule has 0 bridgehead atoms. The van der Waals surface area contributed by atoms with Crippen molar-refractivity contribution >= 4 is 28.1 Å². The number of nitro benzene ring substituents is 1. The van der Waals surface area contributed by atoms with Gasteiger partial charge in [-0.05, 0) is 53.4 Å². The lowest BCUT2D eigenvalue weighted by Gasteiger charge is -2.29. The van der Waals surface area contributed by atoms with Crippen LogP contribution in [-0.4, -0.2) is 21.4 Å². The lowest BCUT2D eigenvalue weighted by Crippen LogP contribution is -2.30. The topological polar surface area (TPSA) is 84.2 Å². The molecular formula is C24H21N5O2. The summed E-state index contributed by atoms with van der Waals surface area (Å²) in [6, 6.07) is 19.5. The molecule has 2 aromatic heterocycles. The van der Waals surface area contributed by atoms with Crippen molar-refractivity contribution in [2.45, 2.75) is 19.5 Å². The Hall–Kier alpha value is -4.00. The van der Waals surface area contributed by atoms with Gasteiger partial charge in [0.1, 0.15) is 11.5 Å². The second-order valence-corrected chi connectivity index (χ2v) is 7.61. The molecule has 0 radical (unpaired) electrons. The number of fused-ring (bicyclic) bond motifs is 2. The molecule has 154 valence electrons. The first-order chi connectivity index (χ1) is 15.2. The van der Waals surface area contributed by atoms with Crippen molar-refractivity contribution in [1.82, 2.24) is 9.97 Å². The number of anilines is 2. The SMILES string of the molecule is O=[N+]([O-])c1c(NCc2ccc(N3CCc4ccccc4C3)nc2)ccc2ncccc12. The Morgan fingerprint density at radius 1 is 1.00 bits per heavy atom. The summed E-state index contributed by atoms with van der Waals surface area (Å²) in [7, 11) is 0. The second kappa shape index (κ2) is 8.02. The smallest absolute Gasteiger partial charge is 0.301 e. The molecule has 0 saturated heterocycles. The van der Waals surface area contributed by atoms with Crippen LogP contribution in [0.1, 0.15) is 16.7 Å². The molecule has 7 nitrogen and oxygen atoms in total. The summed E-state index contributed by atoms with van der Waals surface area (Å²) in [4.78, 5) is 22.4. The summed E-state index contributed by atoms with van der Waals surface area (Å²) in [6.07, 6.45) is 4.48. The monoisotopic (exact) mass is 411 g/mol. The molecule has 0 amide bonds. The zero-order valence-electron chi connectivity index (χ0n) is 16.9. The van der Waals surface area contributed by atoms with Crippen molar-refractivity contribution in [2.75, 3.05) is 16.8 Å². The summed E-state index contributed by atoms with van der Waals surface area (Å²) in [5.74, 6) is 0.945. The van der Waals surface area contributed by atoms with Gasteiger partial charge in [0.25, 0.3) is 0 Å². The molecule has 0 unspecified atom stereocenters. The molecule has 5 rings (SSSR count). The van der Waals surface area contributed by atoms with Gasteiger partial charge in [0.15, 0.2) is 0 Å². The van der Waals surface area contributed by atoms with E-state index in [0.29, 0.717) is 23.1 Å². The van der Waals surface area contributed by atoms with E-state index in [-0.39, 0.29) is 10.6 Å². The number of pyridine rings is 2. The Morgan fingerprint density at radius 2 is 1.87 bits per heavy atom. The molecule has 0 aliphatic carbocycles. The molecule has 2 aromatic carbocycles. The Labute approximate surface area is 179 Å². The molecule has 3 heterocycles. The predicted molar refractivity (Wildman–Crippen MR) is 121 cm³/mol. The maximum atomic E-state index is 11.7. The van der Waals surface area contributed by atoms with E-state index in [1.807, 2.05) is 18.3 Å². The van der Waals surface area contributed by atoms with Crippen molar-refractivity contribution in [3.8, 4) is 0 Å². The van der Waals surface area contributed by atoms with E-state index >= 15 is 0 Å². The van der Waals surface area contributed by atoms with Gasteiger partial charge in [0.05, 0.1) is 15.8 Å². The van der Waals surface area contributed by atoms with Gasteiger partial charge in [-0.25, -0.2) is 4.98 Å². The summed E-state index contributed by atoms with van der Waals surface area (Å²) >= 11 is 0. The van der Waals surface area contributed by atoms with Crippen LogP contribution in [0.4, 0.5) is 17.2 Å². The molecule has 0 spiro atoms. The van der Waals surface area contributed by atoms with Crippen LogP contribution < -0.4 is 10.2 Å². The van der Waals surface area contributed by atoms with E-state index < -0.39 is 0 Å². The van der Waals surface area contributed by atoms with Gasteiger partial charge in [-0.3, -0.25) is 15.1 Å². The summed E-state index contributed by atoms with van der Waals surface area (Å²) in [6.45, 7) is 2.25. The van der Waals surface area contributed by atoms with Gasteiger partial charge in [-0.1, -0.05) is 30.3 Å². The number of nitrogens with zero attached hydrogens (tertiary/aromatic N) is 4. The molecule has 4 aromatic rings. The molecule has 31 heavy (non-hydrogen) atoms. The summed E-state index contributed by atoms with van der Waals surface area (Å²) in [5, 5.41) is 15.4. The number of nitrogens with one attached hydrogen (secondary N) is 1. The molecular weight excluding hydrogens is 390 g/mol. The number of aromatic nitrogens is 2. The maximum Gasteiger partial charge on any atom is 0.301 e. The van der Waals surface area contributed by atoms with E-state index in [4.69, 9.17) is 0 Å². The van der Waals surface area contributed by atoms with E-state index in [1.54, 1.807) is 30.5 Å². The highest BCUT2D eigenvalue weighted by atomic mass is 16.6. The van der Waals surface area contributed by atoms with Gasteiger partial charge in [-0.15, -0.1) is 0 Å². The zero-order valence-corrected chi connectivity index (χ0v) is 16.9. The number of benzene rings is 2. The fourth-order valence-electron chi connectivity index (χ4n) is 4.07. The average Bonchev–Trinajstić information content (AvgIpc) is 2.82. The van der Waals surface area contributed by atoms with Crippen LogP contribution in [0.2, 0.25) is 0 Å². The number of nitro groups is 1. The highest BCUT2D eigenvalue weighted by Crippen LogP contribution is 2.32. The molecule has 0 saturated carbocycles. The predicted octanol–water partition coefficient (Wildman–Crippen LogP) is 4.71. The van der Waals surface area contributed by atoms with E-state index in [0.717, 1.165) is 30.9 Å². The van der Waals surface area contributed by atoms with Crippen LogP contribution in [0.5, 0.6) is 0 Å². The standard InChI is InChI=1S/C24H21N5O2/c30-29(31)24-20-6-3-12-25-21(20)8-9-22(24)26-14-17-7-10-23(27-15-17)28-13-11-18-4-1-2-5-19(18)16-28/h1-10,12,15,26H,11,13-14,16H2. The van der Waals surface area contributed by atoms with E-state index in [1.165, 1.54) is 11.1 Å². The Kier molecular flexibility index (Phi) is 4.92. The largest absolute Gasteiger partial charge is 0.375 e. The zero-order chi connectivity index (χ0) is 21.2. The van der Waals surface area contributed by atoms with Crippen LogP contribution >= 0.6 is 0 Å².